The maximum atomic E-state index is 11.6. The first-order chi connectivity index (χ1) is 7.47. The third-order valence-corrected chi connectivity index (χ3v) is 4.52. The van der Waals surface area contributed by atoms with Crippen LogP contribution in [0.5, 0.6) is 0 Å². The largest absolute Gasteiger partial charge is 0.330 e. The molecule has 2 rings (SSSR count). The smallest absolute Gasteiger partial charge is 0.175 e. The lowest BCUT2D eigenvalue weighted by molar-refractivity contribution is 0.515. The van der Waals surface area contributed by atoms with E-state index in [0.29, 0.717) is 11.4 Å². The van der Waals surface area contributed by atoms with Crippen molar-refractivity contribution in [2.75, 3.05) is 12.8 Å². The average molecular weight is 239 g/mol. The number of nitrogens with two attached hydrogens (primary N) is 1. The SMILES string of the molecule is CS(=O)(=O)c1ccccc1CC1(CN)CC1. The fourth-order valence-electron chi connectivity index (χ4n) is 2.05. The van der Waals surface area contributed by atoms with E-state index in [0.717, 1.165) is 24.8 Å². The normalized spacial score (nSPS) is 18.4. The fraction of sp³-hybridized carbons (Fsp3) is 0.500. The van der Waals surface area contributed by atoms with Gasteiger partial charge in [0.25, 0.3) is 0 Å². The minimum Gasteiger partial charge on any atom is -0.330 e. The lowest BCUT2D eigenvalue weighted by atomic mass is 9.97. The predicted octanol–water partition coefficient (Wildman–Crippen LogP) is 1.37. The van der Waals surface area contributed by atoms with Crippen molar-refractivity contribution in [2.24, 2.45) is 11.1 Å². The molecule has 0 atom stereocenters. The van der Waals surface area contributed by atoms with Crippen molar-refractivity contribution in [3.05, 3.63) is 29.8 Å². The van der Waals surface area contributed by atoms with Gasteiger partial charge in [0.1, 0.15) is 0 Å². The van der Waals surface area contributed by atoms with Gasteiger partial charge in [0.15, 0.2) is 9.84 Å². The van der Waals surface area contributed by atoms with E-state index in [9.17, 15) is 8.42 Å². The molecule has 4 heteroatoms. The van der Waals surface area contributed by atoms with Crippen molar-refractivity contribution in [1.82, 2.24) is 0 Å². The van der Waals surface area contributed by atoms with Gasteiger partial charge in [-0.25, -0.2) is 8.42 Å². The van der Waals surface area contributed by atoms with E-state index in [2.05, 4.69) is 0 Å². The Morgan fingerprint density at radius 1 is 1.31 bits per heavy atom. The maximum Gasteiger partial charge on any atom is 0.175 e. The molecule has 1 aliphatic rings. The first-order valence-corrected chi connectivity index (χ1v) is 7.34. The van der Waals surface area contributed by atoms with Crippen LogP contribution in [0.15, 0.2) is 29.2 Å². The summed E-state index contributed by atoms with van der Waals surface area (Å²) in [7, 11) is -3.13. The number of benzene rings is 1. The van der Waals surface area contributed by atoms with Gasteiger partial charge in [-0.1, -0.05) is 18.2 Å². The second-order valence-corrected chi connectivity index (χ2v) is 6.74. The predicted molar refractivity (Wildman–Crippen MR) is 64.0 cm³/mol. The van der Waals surface area contributed by atoms with Crippen LogP contribution < -0.4 is 5.73 Å². The van der Waals surface area contributed by atoms with E-state index in [4.69, 9.17) is 5.73 Å². The maximum absolute atomic E-state index is 11.6. The Morgan fingerprint density at radius 3 is 2.44 bits per heavy atom. The van der Waals surface area contributed by atoms with Crippen molar-refractivity contribution in [2.45, 2.75) is 24.2 Å². The second kappa shape index (κ2) is 3.86. The molecule has 0 bridgehead atoms. The minimum atomic E-state index is -3.13. The minimum absolute atomic E-state index is 0.167. The zero-order valence-electron chi connectivity index (χ0n) is 9.44. The Kier molecular flexibility index (Phi) is 2.80. The van der Waals surface area contributed by atoms with Crippen molar-refractivity contribution in [1.29, 1.82) is 0 Å². The molecule has 1 aromatic carbocycles. The van der Waals surface area contributed by atoms with Gasteiger partial charge in [0.05, 0.1) is 4.90 Å². The van der Waals surface area contributed by atoms with Gasteiger partial charge in [-0.05, 0) is 42.9 Å². The molecule has 0 unspecified atom stereocenters. The van der Waals surface area contributed by atoms with Crippen LogP contribution in [-0.2, 0) is 16.3 Å². The molecule has 1 aliphatic carbocycles. The number of rotatable bonds is 4. The number of hydrogen-bond donors (Lipinski definition) is 1. The molecule has 16 heavy (non-hydrogen) atoms. The third-order valence-electron chi connectivity index (χ3n) is 3.33. The van der Waals surface area contributed by atoms with Gasteiger partial charge in [0, 0.05) is 6.26 Å². The number of hydrogen-bond acceptors (Lipinski definition) is 3. The average Bonchev–Trinajstić information content (AvgIpc) is 2.98. The third kappa shape index (κ3) is 2.28. The topological polar surface area (TPSA) is 60.2 Å². The van der Waals surface area contributed by atoms with E-state index in [1.807, 2.05) is 12.1 Å². The fourth-order valence-corrected chi connectivity index (χ4v) is 2.99. The molecule has 0 radical (unpaired) electrons. The highest BCUT2D eigenvalue weighted by Gasteiger charge is 2.41. The van der Waals surface area contributed by atoms with Crippen molar-refractivity contribution in [3.63, 3.8) is 0 Å². The standard InChI is InChI=1S/C12H17NO2S/c1-16(14,15)11-5-3-2-4-10(11)8-12(9-13)6-7-12/h2-5H,6-9,13H2,1H3. The van der Waals surface area contributed by atoms with Crippen LogP contribution in [0.4, 0.5) is 0 Å². The highest BCUT2D eigenvalue weighted by atomic mass is 32.2. The molecule has 0 saturated heterocycles. The Morgan fingerprint density at radius 2 is 1.94 bits per heavy atom. The van der Waals surface area contributed by atoms with Crippen molar-refractivity contribution < 1.29 is 8.42 Å². The molecule has 3 nitrogen and oxygen atoms in total. The van der Waals surface area contributed by atoms with Gasteiger partial charge >= 0.3 is 0 Å². The van der Waals surface area contributed by atoms with Crippen LogP contribution in [-0.4, -0.2) is 21.2 Å². The Balaban J connectivity index is 2.34. The van der Waals surface area contributed by atoms with Crippen LogP contribution in [0, 0.1) is 5.41 Å². The Bertz CT molecular complexity index is 489. The molecule has 0 heterocycles. The van der Waals surface area contributed by atoms with Crippen molar-refractivity contribution in [3.8, 4) is 0 Å². The van der Waals surface area contributed by atoms with Crippen molar-refractivity contribution >= 4 is 9.84 Å². The van der Waals surface area contributed by atoms with E-state index in [1.54, 1.807) is 12.1 Å². The van der Waals surface area contributed by atoms with Crippen LogP contribution in [0.2, 0.25) is 0 Å². The first kappa shape index (κ1) is 11.6. The summed E-state index contributed by atoms with van der Waals surface area (Å²) in [5.41, 5.74) is 6.80. The summed E-state index contributed by atoms with van der Waals surface area (Å²) in [5.74, 6) is 0. The van der Waals surface area contributed by atoms with Gasteiger partial charge in [-0.2, -0.15) is 0 Å². The van der Waals surface area contributed by atoms with Gasteiger partial charge in [-0.3, -0.25) is 0 Å². The highest BCUT2D eigenvalue weighted by Crippen LogP contribution is 2.47. The molecule has 1 saturated carbocycles. The molecule has 0 spiro atoms. The summed E-state index contributed by atoms with van der Waals surface area (Å²) in [6.07, 6.45) is 4.27. The molecule has 1 fully saturated rings. The summed E-state index contributed by atoms with van der Waals surface area (Å²) in [4.78, 5) is 0.453. The molecule has 2 N–H and O–H groups in total. The molecule has 0 aliphatic heterocycles. The van der Waals surface area contributed by atoms with Crippen LogP contribution in [0.1, 0.15) is 18.4 Å². The van der Waals surface area contributed by atoms with Crippen LogP contribution in [0.3, 0.4) is 0 Å². The lowest BCUT2D eigenvalue weighted by Crippen LogP contribution is -2.19. The zero-order valence-corrected chi connectivity index (χ0v) is 10.3. The molecular formula is C12H17NO2S. The summed E-state index contributed by atoms with van der Waals surface area (Å²) in [6, 6.07) is 7.22. The Labute approximate surface area is 96.6 Å². The van der Waals surface area contributed by atoms with Crippen LogP contribution >= 0.6 is 0 Å². The first-order valence-electron chi connectivity index (χ1n) is 5.45. The highest BCUT2D eigenvalue weighted by molar-refractivity contribution is 7.90. The molecule has 0 aromatic heterocycles. The van der Waals surface area contributed by atoms with E-state index in [-0.39, 0.29) is 5.41 Å². The van der Waals surface area contributed by atoms with E-state index >= 15 is 0 Å². The summed E-state index contributed by atoms with van der Waals surface area (Å²) in [5, 5.41) is 0. The Hall–Kier alpha value is -0.870. The number of sulfone groups is 1. The van der Waals surface area contributed by atoms with E-state index in [1.165, 1.54) is 6.26 Å². The van der Waals surface area contributed by atoms with E-state index < -0.39 is 9.84 Å². The molecular weight excluding hydrogens is 222 g/mol. The molecule has 0 amide bonds. The van der Waals surface area contributed by atoms with Crippen LogP contribution in [0.25, 0.3) is 0 Å². The monoisotopic (exact) mass is 239 g/mol. The quantitative estimate of drug-likeness (QED) is 0.863. The summed E-state index contributed by atoms with van der Waals surface area (Å²) < 4.78 is 23.2. The molecule has 88 valence electrons. The van der Waals surface area contributed by atoms with Gasteiger partial charge in [-0.15, -0.1) is 0 Å². The van der Waals surface area contributed by atoms with Gasteiger partial charge in [0.2, 0.25) is 0 Å². The summed E-state index contributed by atoms with van der Waals surface area (Å²) >= 11 is 0. The zero-order chi connectivity index (χ0) is 11.8. The lowest BCUT2D eigenvalue weighted by Gasteiger charge is -2.14. The second-order valence-electron chi connectivity index (χ2n) is 4.76. The summed E-state index contributed by atoms with van der Waals surface area (Å²) in [6.45, 7) is 0.644. The van der Waals surface area contributed by atoms with Gasteiger partial charge < -0.3 is 5.73 Å². The molecule has 1 aromatic rings.